The first-order valence-electron chi connectivity index (χ1n) is 7.00. The highest BCUT2D eigenvalue weighted by atomic mass is 32.1. The summed E-state index contributed by atoms with van der Waals surface area (Å²) in [6, 6.07) is 7.65. The van der Waals surface area contributed by atoms with E-state index in [9.17, 15) is 4.79 Å². The molecule has 0 saturated heterocycles. The van der Waals surface area contributed by atoms with Crippen molar-refractivity contribution in [3.05, 3.63) is 34.3 Å². The zero-order valence-electron chi connectivity index (χ0n) is 11.6. The van der Waals surface area contributed by atoms with Gasteiger partial charge in [0, 0.05) is 5.92 Å². The van der Waals surface area contributed by atoms with Crippen molar-refractivity contribution in [2.24, 2.45) is 0 Å². The monoisotopic (exact) mass is 331 g/mol. The number of carbonyl (C=O) groups is 1. The molecule has 2 heterocycles. The number of aromatic nitrogens is 3. The fourth-order valence-corrected chi connectivity index (χ4v) is 3.89. The molecular weight excluding hydrogens is 318 g/mol. The Hall–Kier alpha value is -2.06. The van der Waals surface area contributed by atoms with E-state index in [2.05, 4.69) is 25.8 Å². The summed E-state index contributed by atoms with van der Waals surface area (Å²) >= 11 is 3.03. The third-order valence-corrected chi connectivity index (χ3v) is 5.36. The molecule has 4 rings (SSSR count). The van der Waals surface area contributed by atoms with Gasteiger partial charge in [0.2, 0.25) is 5.13 Å². The maximum atomic E-state index is 11.9. The summed E-state index contributed by atoms with van der Waals surface area (Å²) in [5, 5.41) is 16.0. The highest BCUT2D eigenvalue weighted by Gasteiger charge is 2.27. The lowest BCUT2D eigenvalue weighted by atomic mass is 10.3. The smallest absolute Gasteiger partial charge is 0.321 e. The van der Waals surface area contributed by atoms with Gasteiger partial charge in [-0.05, 0) is 25.0 Å². The van der Waals surface area contributed by atoms with E-state index in [4.69, 9.17) is 0 Å². The number of amides is 2. The Morgan fingerprint density at radius 1 is 1.23 bits per heavy atom. The molecule has 1 aliphatic rings. The van der Waals surface area contributed by atoms with Gasteiger partial charge in [-0.1, -0.05) is 23.5 Å². The Bertz CT molecular complexity index is 790. The minimum absolute atomic E-state index is 0.280. The number of rotatable bonds is 4. The molecule has 1 aromatic carbocycles. The molecular formula is C14H13N5OS2. The first-order valence-corrected chi connectivity index (χ1v) is 8.64. The number of thiazole rings is 1. The molecule has 0 atom stereocenters. The van der Waals surface area contributed by atoms with E-state index in [-0.39, 0.29) is 6.03 Å². The number of anilines is 1. The second kappa shape index (κ2) is 5.62. The van der Waals surface area contributed by atoms with E-state index in [0.717, 1.165) is 20.2 Å². The Morgan fingerprint density at radius 2 is 2.09 bits per heavy atom. The van der Waals surface area contributed by atoms with Gasteiger partial charge in [0.15, 0.2) is 0 Å². The topological polar surface area (TPSA) is 79.8 Å². The highest BCUT2D eigenvalue weighted by Crippen LogP contribution is 2.41. The van der Waals surface area contributed by atoms with Crippen molar-refractivity contribution in [1.82, 2.24) is 20.5 Å². The summed E-state index contributed by atoms with van der Waals surface area (Å²) in [6.45, 7) is 0.402. The summed E-state index contributed by atoms with van der Waals surface area (Å²) in [5.41, 5.74) is 0.961. The van der Waals surface area contributed by atoms with Crippen LogP contribution in [0.4, 0.5) is 9.93 Å². The van der Waals surface area contributed by atoms with Crippen molar-refractivity contribution < 1.29 is 4.79 Å². The van der Waals surface area contributed by atoms with Crippen LogP contribution in [0, 0.1) is 0 Å². The van der Waals surface area contributed by atoms with Crippen molar-refractivity contribution in [3.63, 3.8) is 0 Å². The van der Waals surface area contributed by atoms with E-state index in [1.807, 2.05) is 24.3 Å². The SMILES string of the molecule is O=C(NCc1nc2ccccc2s1)Nc1nnc(C2CC2)s1. The van der Waals surface area contributed by atoms with Crippen molar-refractivity contribution >= 4 is 44.1 Å². The number of urea groups is 1. The van der Waals surface area contributed by atoms with Crippen molar-refractivity contribution in [1.29, 1.82) is 0 Å². The molecule has 112 valence electrons. The van der Waals surface area contributed by atoms with Crippen LogP contribution in [0.2, 0.25) is 0 Å². The van der Waals surface area contributed by atoms with Crippen LogP contribution in [0.1, 0.15) is 28.8 Å². The first-order chi connectivity index (χ1) is 10.8. The van der Waals surface area contributed by atoms with E-state index >= 15 is 0 Å². The lowest BCUT2D eigenvalue weighted by Gasteiger charge is -2.02. The van der Waals surface area contributed by atoms with E-state index < -0.39 is 0 Å². The lowest BCUT2D eigenvalue weighted by molar-refractivity contribution is 0.251. The minimum Gasteiger partial charge on any atom is -0.331 e. The van der Waals surface area contributed by atoms with Crippen LogP contribution in [0.5, 0.6) is 0 Å². The van der Waals surface area contributed by atoms with Gasteiger partial charge >= 0.3 is 6.03 Å². The van der Waals surface area contributed by atoms with Gasteiger partial charge in [-0.25, -0.2) is 9.78 Å². The molecule has 0 aliphatic heterocycles. The molecule has 0 bridgehead atoms. The Labute approximate surface area is 134 Å². The fourth-order valence-electron chi connectivity index (χ4n) is 2.07. The van der Waals surface area contributed by atoms with Crippen LogP contribution in [-0.4, -0.2) is 21.2 Å². The van der Waals surface area contributed by atoms with Gasteiger partial charge in [-0.15, -0.1) is 21.5 Å². The third-order valence-electron chi connectivity index (χ3n) is 3.33. The van der Waals surface area contributed by atoms with Crippen molar-refractivity contribution in [2.75, 3.05) is 5.32 Å². The summed E-state index contributed by atoms with van der Waals surface area (Å²) in [6.07, 6.45) is 2.36. The summed E-state index contributed by atoms with van der Waals surface area (Å²) in [5.74, 6) is 0.554. The zero-order valence-corrected chi connectivity index (χ0v) is 13.2. The second-order valence-corrected chi connectivity index (χ2v) is 7.23. The molecule has 0 spiro atoms. The molecule has 1 saturated carbocycles. The lowest BCUT2D eigenvalue weighted by Crippen LogP contribution is -2.28. The number of nitrogens with one attached hydrogen (secondary N) is 2. The molecule has 0 radical (unpaired) electrons. The summed E-state index contributed by atoms with van der Waals surface area (Å²) in [7, 11) is 0. The van der Waals surface area contributed by atoms with Gasteiger partial charge in [-0.3, -0.25) is 5.32 Å². The summed E-state index contributed by atoms with van der Waals surface area (Å²) in [4.78, 5) is 16.4. The van der Waals surface area contributed by atoms with Crippen LogP contribution >= 0.6 is 22.7 Å². The predicted molar refractivity (Wildman–Crippen MR) is 87.4 cm³/mol. The van der Waals surface area contributed by atoms with E-state index in [0.29, 0.717) is 17.6 Å². The molecule has 6 nitrogen and oxygen atoms in total. The maximum Gasteiger partial charge on any atom is 0.321 e. The summed E-state index contributed by atoms with van der Waals surface area (Å²) < 4.78 is 1.12. The van der Waals surface area contributed by atoms with Crippen LogP contribution in [0.15, 0.2) is 24.3 Å². The second-order valence-electron chi connectivity index (χ2n) is 5.10. The molecule has 1 fully saturated rings. The number of para-hydroxylation sites is 1. The number of hydrogen-bond acceptors (Lipinski definition) is 6. The number of fused-ring (bicyclic) bond motifs is 1. The maximum absolute atomic E-state index is 11.9. The molecule has 3 aromatic rings. The third kappa shape index (κ3) is 2.93. The Kier molecular flexibility index (Phi) is 3.47. The Morgan fingerprint density at radius 3 is 2.91 bits per heavy atom. The first kappa shape index (κ1) is 13.6. The Balaban J connectivity index is 1.35. The molecule has 22 heavy (non-hydrogen) atoms. The number of hydrogen-bond donors (Lipinski definition) is 2. The predicted octanol–water partition coefficient (Wildman–Crippen LogP) is 3.35. The molecule has 2 amide bonds. The largest absolute Gasteiger partial charge is 0.331 e. The van der Waals surface area contributed by atoms with Crippen LogP contribution < -0.4 is 10.6 Å². The van der Waals surface area contributed by atoms with Crippen molar-refractivity contribution in [3.8, 4) is 0 Å². The number of carbonyl (C=O) groups excluding carboxylic acids is 1. The number of benzene rings is 1. The molecule has 2 N–H and O–H groups in total. The number of nitrogens with zero attached hydrogens (tertiary/aromatic N) is 3. The highest BCUT2D eigenvalue weighted by molar-refractivity contribution is 7.18. The standard InChI is InChI=1S/C14H13N5OS2/c20-13(17-14-19-18-12(22-14)8-5-6-8)15-7-11-16-9-3-1-2-4-10(9)21-11/h1-4,8H,5-7H2,(H2,15,17,19,20). The molecule has 1 aliphatic carbocycles. The minimum atomic E-state index is -0.280. The van der Waals surface area contributed by atoms with Crippen molar-refractivity contribution in [2.45, 2.75) is 25.3 Å². The van der Waals surface area contributed by atoms with Crippen LogP contribution in [0.25, 0.3) is 10.2 Å². The van der Waals surface area contributed by atoms with E-state index in [1.165, 1.54) is 24.2 Å². The average Bonchev–Trinajstić information content (AvgIpc) is 3.12. The van der Waals surface area contributed by atoms with Crippen LogP contribution in [-0.2, 0) is 6.54 Å². The van der Waals surface area contributed by atoms with E-state index in [1.54, 1.807) is 11.3 Å². The zero-order chi connectivity index (χ0) is 14.9. The molecule has 2 aromatic heterocycles. The normalized spacial score (nSPS) is 14.2. The van der Waals surface area contributed by atoms with Gasteiger partial charge in [0.25, 0.3) is 0 Å². The van der Waals surface area contributed by atoms with Gasteiger partial charge in [0.1, 0.15) is 10.0 Å². The molecule has 0 unspecified atom stereocenters. The fraction of sp³-hybridized carbons (Fsp3) is 0.286. The van der Waals surface area contributed by atoms with Gasteiger partial charge in [0.05, 0.1) is 16.8 Å². The average molecular weight is 331 g/mol. The van der Waals surface area contributed by atoms with Gasteiger partial charge < -0.3 is 5.32 Å². The van der Waals surface area contributed by atoms with Gasteiger partial charge in [-0.2, -0.15) is 0 Å². The van der Waals surface area contributed by atoms with Crippen LogP contribution in [0.3, 0.4) is 0 Å². The molecule has 8 heteroatoms. The quantitative estimate of drug-likeness (QED) is 0.768.